The number of carbonyl (C=O) groups excluding carboxylic acids is 1. The third kappa shape index (κ3) is 4.81. The largest absolute Gasteiger partial charge is 0.497 e. The summed E-state index contributed by atoms with van der Waals surface area (Å²) < 4.78 is 36.4. The first-order valence-electron chi connectivity index (χ1n) is 10.0. The van der Waals surface area contributed by atoms with Crippen LogP contribution in [0.4, 0.5) is 0 Å². The molecule has 0 N–H and O–H groups in total. The monoisotopic (exact) mass is 434 g/mol. The van der Waals surface area contributed by atoms with Crippen molar-refractivity contribution in [1.29, 1.82) is 0 Å². The molecule has 0 atom stereocenters. The molecule has 9 nitrogen and oxygen atoms in total. The number of rotatable bonds is 9. The molecule has 10 heteroatoms. The lowest BCUT2D eigenvalue weighted by atomic mass is 10.1. The number of methoxy groups -OCH3 is 1. The zero-order valence-electron chi connectivity index (χ0n) is 17.2. The topological polar surface area (TPSA) is 106 Å². The Morgan fingerprint density at radius 3 is 2.57 bits per heavy atom. The Labute approximate surface area is 176 Å². The molecule has 2 aromatic rings. The van der Waals surface area contributed by atoms with E-state index in [0.717, 1.165) is 24.2 Å². The lowest BCUT2D eigenvalue weighted by molar-refractivity contribution is -0.136. The average Bonchev–Trinajstić information content (AvgIpc) is 3.41. The highest BCUT2D eigenvalue weighted by Gasteiger charge is 2.38. The summed E-state index contributed by atoms with van der Waals surface area (Å²) in [6.07, 6.45) is 4.00. The summed E-state index contributed by atoms with van der Waals surface area (Å²) in [7, 11) is -1.82. The van der Waals surface area contributed by atoms with Gasteiger partial charge in [-0.15, -0.1) is 0 Å². The Morgan fingerprint density at radius 1 is 1.27 bits per heavy atom. The van der Waals surface area contributed by atoms with Crippen molar-refractivity contribution in [2.45, 2.75) is 37.6 Å². The Morgan fingerprint density at radius 2 is 1.97 bits per heavy atom. The molecule has 4 rings (SSSR count). The van der Waals surface area contributed by atoms with Crippen molar-refractivity contribution in [3.8, 4) is 5.75 Å². The molecule has 2 aliphatic rings. The second-order valence-corrected chi connectivity index (χ2v) is 9.86. The molecule has 162 valence electrons. The molecule has 0 spiro atoms. The minimum atomic E-state index is -3.41. The minimum Gasteiger partial charge on any atom is -0.497 e. The van der Waals surface area contributed by atoms with Gasteiger partial charge in [-0.25, -0.2) is 8.42 Å². The van der Waals surface area contributed by atoms with Gasteiger partial charge in [-0.2, -0.15) is 9.29 Å². The second-order valence-electron chi connectivity index (χ2n) is 7.92. The predicted octanol–water partition coefficient (Wildman–Crippen LogP) is 1.21. The summed E-state index contributed by atoms with van der Waals surface area (Å²) in [5.74, 6) is 2.27. The summed E-state index contributed by atoms with van der Waals surface area (Å²) in [5.41, 5.74) is 0.896. The van der Waals surface area contributed by atoms with E-state index in [1.54, 1.807) is 12.0 Å². The Hall–Kier alpha value is -2.46. The van der Waals surface area contributed by atoms with Crippen LogP contribution in [0.2, 0.25) is 0 Å². The summed E-state index contributed by atoms with van der Waals surface area (Å²) in [5, 5.41) is 3.96. The molecule has 1 amide bonds. The van der Waals surface area contributed by atoms with E-state index >= 15 is 0 Å². The molecule has 1 saturated heterocycles. The number of ether oxygens (including phenoxy) is 1. The first-order valence-corrected chi connectivity index (χ1v) is 11.9. The highest BCUT2D eigenvalue weighted by atomic mass is 32.2. The first kappa shape index (κ1) is 20.8. The quantitative estimate of drug-likeness (QED) is 0.584. The molecular formula is C20H26N4O5S. The number of nitrogens with zero attached hydrogens (tertiary/aromatic N) is 4. The molecule has 1 aromatic carbocycles. The van der Waals surface area contributed by atoms with Crippen LogP contribution in [0.25, 0.3) is 0 Å². The third-order valence-electron chi connectivity index (χ3n) is 5.53. The highest BCUT2D eigenvalue weighted by Crippen LogP contribution is 2.38. The van der Waals surface area contributed by atoms with Crippen molar-refractivity contribution in [2.75, 3.05) is 33.0 Å². The van der Waals surface area contributed by atoms with E-state index in [0.29, 0.717) is 37.1 Å². The van der Waals surface area contributed by atoms with E-state index in [4.69, 9.17) is 9.26 Å². The summed E-state index contributed by atoms with van der Waals surface area (Å²) in [6, 6.07) is 7.13. The van der Waals surface area contributed by atoms with Gasteiger partial charge in [0.1, 0.15) is 5.75 Å². The van der Waals surface area contributed by atoms with Crippen molar-refractivity contribution in [2.24, 2.45) is 0 Å². The van der Waals surface area contributed by atoms with Gasteiger partial charge in [0.05, 0.1) is 25.8 Å². The predicted molar refractivity (Wildman–Crippen MR) is 109 cm³/mol. The van der Waals surface area contributed by atoms with Gasteiger partial charge in [-0.3, -0.25) is 4.79 Å². The van der Waals surface area contributed by atoms with Gasteiger partial charge >= 0.3 is 0 Å². The smallest absolute Gasteiger partial charge is 0.229 e. The van der Waals surface area contributed by atoms with E-state index in [1.165, 1.54) is 10.6 Å². The number of sulfonamides is 1. The Balaban J connectivity index is 1.30. The fraction of sp³-hybridized carbons (Fsp3) is 0.550. The van der Waals surface area contributed by atoms with Gasteiger partial charge < -0.3 is 14.2 Å². The fourth-order valence-corrected chi connectivity index (χ4v) is 4.66. The van der Waals surface area contributed by atoms with E-state index in [9.17, 15) is 13.2 Å². The van der Waals surface area contributed by atoms with E-state index in [2.05, 4.69) is 10.1 Å². The standard InChI is InChI=1S/C20H26N4O5S/c1-28-17-7-3-14(4-8-17)11-19(25)23-12-16(13-23)24(30(2,26)27)10-9-18-21-20(29-22-18)15-5-6-15/h3-4,7-8,15-16H,5-6,9-13H2,1-2H3. The number of amides is 1. The lowest BCUT2D eigenvalue weighted by Gasteiger charge is -2.44. The zero-order valence-corrected chi connectivity index (χ0v) is 18.0. The molecule has 0 unspecified atom stereocenters. The van der Waals surface area contributed by atoms with Gasteiger partial charge in [0, 0.05) is 32.0 Å². The molecule has 2 fully saturated rings. The van der Waals surface area contributed by atoms with Crippen molar-refractivity contribution in [3.05, 3.63) is 41.5 Å². The molecule has 0 radical (unpaired) electrons. The van der Waals surface area contributed by atoms with Crippen LogP contribution < -0.4 is 4.74 Å². The third-order valence-corrected chi connectivity index (χ3v) is 6.86. The van der Waals surface area contributed by atoms with Crippen molar-refractivity contribution in [3.63, 3.8) is 0 Å². The van der Waals surface area contributed by atoms with Gasteiger partial charge in [-0.1, -0.05) is 17.3 Å². The average molecular weight is 435 g/mol. The van der Waals surface area contributed by atoms with Crippen LogP contribution in [0.3, 0.4) is 0 Å². The number of hydrogen-bond donors (Lipinski definition) is 0. The summed E-state index contributed by atoms with van der Waals surface area (Å²) >= 11 is 0. The van der Waals surface area contributed by atoms with Crippen LogP contribution in [0.5, 0.6) is 5.75 Å². The maximum atomic E-state index is 12.5. The van der Waals surface area contributed by atoms with Gasteiger partial charge in [0.15, 0.2) is 5.82 Å². The number of benzene rings is 1. The Kier molecular flexibility index (Phi) is 5.79. The molecule has 1 saturated carbocycles. The van der Waals surface area contributed by atoms with Gasteiger partial charge in [0.2, 0.25) is 21.8 Å². The van der Waals surface area contributed by atoms with Crippen LogP contribution >= 0.6 is 0 Å². The molecule has 1 aromatic heterocycles. The maximum absolute atomic E-state index is 12.5. The number of carbonyl (C=O) groups is 1. The van der Waals surface area contributed by atoms with Crippen molar-refractivity contribution >= 4 is 15.9 Å². The molecule has 0 bridgehead atoms. The normalized spacial score (nSPS) is 17.2. The Bertz CT molecular complexity index is 994. The maximum Gasteiger partial charge on any atom is 0.229 e. The second kappa shape index (κ2) is 8.35. The van der Waals surface area contributed by atoms with Crippen LogP contribution in [0, 0.1) is 0 Å². The summed E-state index contributed by atoms with van der Waals surface area (Å²) in [6.45, 7) is 1.05. The molecular weight excluding hydrogens is 408 g/mol. The minimum absolute atomic E-state index is 0.0166. The van der Waals surface area contributed by atoms with Crippen molar-refractivity contribution in [1.82, 2.24) is 19.3 Å². The number of aromatic nitrogens is 2. The van der Waals surface area contributed by atoms with E-state index < -0.39 is 10.0 Å². The SMILES string of the molecule is COc1ccc(CC(=O)N2CC(N(CCc3noc(C4CC4)n3)S(C)(=O)=O)C2)cc1. The molecule has 2 heterocycles. The highest BCUT2D eigenvalue weighted by molar-refractivity contribution is 7.88. The fourth-order valence-electron chi connectivity index (χ4n) is 3.57. The molecule has 1 aliphatic heterocycles. The van der Waals surface area contributed by atoms with Crippen LogP contribution in [-0.2, 0) is 27.7 Å². The first-order chi connectivity index (χ1) is 14.3. The number of hydrogen-bond acceptors (Lipinski definition) is 7. The zero-order chi connectivity index (χ0) is 21.3. The van der Waals surface area contributed by atoms with Gasteiger partial charge in [-0.05, 0) is 30.5 Å². The van der Waals surface area contributed by atoms with Gasteiger partial charge in [0.25, 0.3) is 0 Å². The summed E-state index contributed by atoms with van der Waals surface area (Å²) in [4.78, 5) is 18.6. The van der Waals surface area contributed by atoms with Crippen LogP contribution in [0.1, 0.15) is 36.0 Å². The molecule has 30 heavy (non-hydrogen) atoms. The van der Waals surface area contributed by atoms with Crippen molar-refractivity contribution < 1.29 is 22.5 Å². The lowest BCUT2D eigenvalue weighted by Crippen LogP contribution is -2.62. The number of likely N-dealkylation sites (tertiary alicyclic amines) is 1. The van der Waals surface area contributed by atoms with Crippen LogP contribution in [0.15, 0.2) is 28.8 Å². The van der Waals surface area contributed by atoms with E-state index in [-0.39, 0.29) is 24.9 Å². The van der Waals surface area contributed by atoms with E-state index in [1.807, 2.05) is 24.3 Å². The molecule has 1 aliphatic carbocycles. The van der Waals surface area contributed by atoms with Crippen LogP contribution in [-0.4, -0.2) is 72.7 Å².